The molecule has 0 bridgehead atoms. The molecule has 3 heterocycles. The number of rotatable bonds is 15. The molecule has 0 amide bonds. The highest BCUT2D eigenvalue weighted by Crippen LogP contribution is 2.32. The van der Waals surface area contributed by atoms with Gasteiger partial charge in [0.05, 0.1) is 12.6 Å². The molecule has 45 heavy (non-hydrogen) atoms. The molecular weight excluding hydrogens is 592 g/mol. The van der Waals surface area contributed by atoms with E-state index in [4.69, 9.17) is 4.74 Å². The van der Waals surface area contributed by atoms with Gasteiger partial charge in [0, 0.05) is 59.9 Å². The van der Waals surface area contributed by atoms with Crippen molar-refractivity contribution in [2.24, 2.45) is 0 Å². The van der Waals surface area contributed by atoms with E-state index in [1.807, 2.05) is 17.5 Å². The zero-order chi connectivity index (χ0) is 31.8. The predicted molar refractivity (Wildman–Crippen MR) is 181 cm³/mol. The van der Waals surface area contributed by atoms with Crippen molar-refractivity contribution in [3.8, 4) is 0 Å². The SMILES string of the molecule is CCCCCCCCCCC(C(=O)OC)n1c(=O)cc(F)c2ccc(CCN3CCN(c4cc(F)cc5sccc45)CC3)cc21. The average Bonchev–Trinajstić information content (AvgIpc) is 3.52. The second-order valence-electron chi connectivity index (χ2n) is 12.2. The molecule has 242 valence electrons. The van der Waals surface area contributed by atoms with Crippen molar-refractivity contribution in [2.45, 2.75) is 77.2 Å². The molecule has 1 unspecified atom stereocenters. The minimum atomic E-state index is -0.800. The van der Waals surface area contributed by atoms with Crippen molar-refractivity contribution in [3.05, 3.63) is 75.4 Å². The van der Waals surface area contributed by atoms with Crippen molar-refractivity contribution in [1.82, 2.24) is 9.47 Å². The summed E-state index contributed by atoms with van der Waals surface area (Å²) in [4.78, 5) is 30.8. The quantitative estimate of drug-likeness (QED) is 0.0974. The Hall–Kier alpha value is -3.30. The van der Waals surface area contributed by atoms with Crippen molar-refractivity contribution in [2.75, 3.05) is 44.7 Å². The Morgan fingerprint density at radius 1 is 0.911 bits per heavy atom. The van der Waals surface area contributed by atoms with Crippen LogP contribution in [0.5, 0.6) is 0 Å². The van der Waals surface area contributed by atoms with Crippen LogP contribution < -0.4 is 10.5 Å². The molecule has 0 saturated carbocycles. The molecule has 1 aliphatic rings. The van der Waals surface area contributed by atoms with Gasteiger partial charge in [-0.2, -0.15) is 0 Å². The largest absolute Gasteiger partial charge is 0.467 e. The van der Waals surface area contributed by atoms with Gasteiger partial charge in [0.2, 0.25) is 0 Å². The number of methoxy groups -OCH3 is 1. The number of hydrogen-bond acceptors (Lipinski definition) is 6. The molecule has 0 radical (unpaired) electrons. The van der Waals surface area contributed by atoms with E-state index in [-0.39, 0.29) is 5.82 Å². The zero-order valence-corrected chi connectivity index (χ0v) is 27.3. The first-order valence-corrected chi connectivity index (χ1v) is 17.3. The van der Waals surface area contributed by atoms with E-state index in [9.17, 15) is 18.4 Å². The Kier molecular flexibility index (Phi) is 11.6. The summed E-state index contributed by atoms with van der Waals surface area (Å²) in [6, 6.07) is 11.0. The Bertz CT molecular complexity index is 1640. The lowest BCUT2D eigenvalue weighted by Gasteiger charge is -2.36. The van der Waals surface area contributed by atoms with Gasteiger partial charge >= 0.3 is 5.97 Å². The van der Waals surface area contributed by atoms with E-state index in [0.717, 1.165) is 85.8 Å². The van der Waals surface area contributed by atoms with E-state index in [1.54, 1.807) is 29.5 Å². The standard InChI is InChI=1S/C36H45F2N3O3S/c1-3-4-5-6-7-8-9-10-11-31(36(43)44-2)41-33-22-26(12-13-28(33)30(38)25-35(41)42)14-16-39-17-19-40(20-18-39)32-23-27(37)24-34-29(32)15-21-45-34/h12-13,15,21-25,31H,3-11,14,16-20H2,1-2H3. The van der Waals surface area contributed by atoms with Crippen LogP contribution in [-0.2, 0) is 16.0 Å². The topological polar surface area (TPSA) is 54.8 Å². The van der Waals surface area contributed by atoms with Crippen molar-refractivity contribution < 1.29 is 18.3 Å². The Balaban J connectivity index is 1.25. The van der Waals surface area contributed by atoms with Gasteiger partial charge in [0.25, 0.3) is 5.56 Å². The fraction of sp³-hybridized carbons (Fsp3) is 0.500. The number of anilines is 1. The maximum atomic E-state index is 15.0. The minimum Gasteiger partial charge on any atom is -0.467 e. The highest BCUT2D eigenvalue weighted by molar-refractivity contribution is 7.17. The van der Waals surface area contributed by atoms with Crippen LogP contribution >= 0.6 is 11.3 Å². The monoisotopic (exact) mass is 637 g/mol. The van der Waals surface area contributed by atoms with Gasteiger partial charge in [-0.15, -0.1) is 11.3 Å². The van der Waals surface area contributed by atoms with Crippen molar-refractivity contribution >= 4 is 44.0 Å². The molecule has 0 spiro atoms. The Labute approximate surface area is 268 Å². The summed E-state index contributed by atoms with van der Waals surface area (Å²) < 4.78 is 36.8. The summed E-state index contributed by atoms with van der Waals surface area (Å²) in [5.74, 6) is -1.27. The number of fused-ring (bicyclic) bond motifs is 2. The van der Waals surface area contributed by atoms with Crippen molar-refractivity contribution in [3.63, 3.8) is 0 Å². The number of hydrogen-bond donors (Lipinski definition) is 0. The maximum Gasteiger partial charge on any atom is 0.328 e. The first kappa shape index (κ1) is 33.1. The van der Waals surface area contributed by atoms with E-state index < -0.39 is 23.4 Å². The van der Waals surface area contributed by atoms with Crippen LogP contribution in [0.4, 0.5) is 14.5 Å². The maximum absolute atomic E-state index is 15.0. The highest BCUT2D eigenvalue weighted by atomic mass is 32.1. The van der Waals surface area contributed by atoms with Crippen LogP contribution in [0.2, 0.25) is 0 Å². The molecular formula is C36H45F2N3O3S. The minimum absolute atomic E-state index is 0.208. The van der Waals surface area contributed by atoms with E-state index in [2.05, 4.69) is 22.8 Å². The fourth-order valence-electron chi connectivity index (χ4n) is 6.57. The van der Waals surface area contributed by atoms with Crippen molar-refractivity contribution in [1.29, 1.82) is 0 Å². The van der Waals surface area contributed by atoms with Gasteiger partial charge in [0.1, 0.15) is 17.7 Å². The van der Waals surface area contributed by atoms with E-state index in [1.165, 1.54) is 43.8 Å². The summed E-state index contributed by atoms with van der Waals surface area (Å²) >= 11 is 1.55. The molecule has 1 atom stereocenters. The van der Waals surface area contributed by atoms with E-state index >= 15 is 0 Å². The summed E-state index contributed by atoms with van der Waals surface area (Å²) in [6.07, 6.45) is 10.2. The highest BCUT2D eigenvalue weighted by Gasteiger charge is 2.25. The molecule has 2 aromatic heterocycles. The summed E-state index contributed by atoms with van der Waals surface area (Å²) in [5.41, 5.74) is 1.83. The molecule has 4 aromatic rings. The van der Waals surface area contributed by atoms with Gasteiger partial charge in [-0.25, -0.2) is 13.6 Å². The number of nitrogens with zero attached hydrogens (tertiary/aromatic N) is 3. The first-order chi connectivity index (χ1) is 21.9. The first-order valence-electron chi connectivity index (χ1n) is 16.4. The molecule has 1 aliphatic heterocycles. The molecule has 0 aliphatic carbocycles. The van der Waals surface area contributed by atoms with Crippen LogP contribution in [0.3, 0.4) is 0 Å². The molecule has 1 fully saturated rings. The Morgan fingerprint density at radius 2 is 1.64 bits per heavy atom. The number of carbonyl (C=O) groups excluding carboxylic acids is 1. The van der Waals surface area contributed by atoms with Gasteiger partial charge < -0.3 is 9.64 Å². The molecule has 9 heteroatoms. The number of thiophene rings is 1. The van der Waals surface area contributed by atoms with Crippen LogP contribution in [0.1, 0.15) is 76.3 Å². The predicted octanol–water partition coefficient (Wildman–Crippen LogP) is 8.10. The number of piperazine rings is 1. The van der Waals surface area contributed by atoms with Crippen LogP contribution in [0.25, 0.3) is 21.0 Å². The molecule has 5 rings (SSSR count). The van der Waals surface area contributed by atoms with Gasteiger partial charge in [-0.1, -0.05) is 64.4 Å². The average molecular weight is 638 g/mol. The van der Waals surface area contributed by atoms with Crippen LogP contribution in [-0.4, -0.2) is 55.3 Å². The lowest BCUT2D eigenvalue weighted by Crippen LogP contribution is -2.47. The number of carbonyl (C=O) groups is 1. The zero-order valence-electron chi connectivity index (χ0n) is 26.5. The third-order valence-corrected chi connectivity index (χ3v) is 9.99. The Morgan fingerprint density at radius 3 is 2.38 bits per heavy atom. The number of unbranched alkanes of at least 4 members (excludes halogenated alkanes) is 7. The van der Waals surface area contributed by atoms with E-state index in [0.29, 0.717) is 17.3 Å². The lowest BCUT2D eigenvalue weighted by atomic mass is 10.0. The third kappa shape index (κ3) is 8.11. The van der Waals surface area contributed by atoms with Gasteiger partial charge in [0.15, 0.2) is 0 Å². The number of benzene rings is 2. The van der Waals surface area contributed by atoms with Gasteiger partial charge in [-0.3, -0.25) is 14.3 Å². The van der Waals surface area contributed by atoms with Gasteiger partial charge in [-0.05, 0) is 54.1 Å². The van der Waals surface area contributed by atoms with Crippen LogP contribution in [0, 0.1) is 11.6 Å². The number of esters is 1. The second kappa shape index (κ2) is 15.8. The number of aromatic nitrogens is 1. The fourth-order valence-corrected chi connectivity index (χ4v) is 7.40. The molecule has 1 saturated heterocycles. The summed E-state index contributed by atoms with van der Waals surface area (Å²) in [6.45, 7) is 6.30. The number of ether oxygens (including phenoxy) is 1. The van der Waals surface area contributed by atoms with Crippen LogP contribution in [0.15, 0.2) is 52.6 Å². The molecule has 6 nitrogen and oxygen atoms in total. The lowest BCUT2D eigenvalue weighted by molar-refractivity contribution is -0.144. The third-order valence-electron chi connectivity index (χ3n) is 9.13. The number of halogens is 2. The second-order valence-corrected chi connectivity index (χ2v) is 13.1. The normalized spacial score (nSPS) is 14.8. The molecule has 2 aromatic carbocycles. The smallest absolute Gasteiger partial charge is 0.328 e. The molecule has 0 N–H and O–H groups in total. The summed E-state index contributed by atoms with van der Waals surface area (Å²) in [5, 5.41) is 3.42. The summed E-state index contributed by atoms with van der Waals surface area (Å²) in [7, 11) is 1.34. The number of pyridine rings is 1.